The number of amides is 1. The molecule has 0 aliphatic carbocycles. The highest BCUT2D eigenvalue weighted by atomic mass is 19.1. The number of benzene rings is 2. The molecule has 5 rings (SSSR count). The van der Waals surface area contributed by atoms with Crippen LogP contribution in [-0.4, -0.2) is 54.7 Å². The molecule has 7 nitrogen and oxygen atoms in total. The summed E-state index contributed by atoms with van der Waals surface area (Å²) >= 11 is 0. The second-order valence-corrected chi connectivity index (χ2v) is 9.17. The molecule has 3 fully saturated rings. The predicted octanol–water partition coefficient (Wildman–Crippen LogP) is 3.17. The molecule has 3 saturated heterocycles. The lowest BCUT2D eigenvalue weighted by Gasteiger charge is -2.37. The normalized spacial score (nSPS) is 22.7. The number of hydrogen-bond acceptors (Lipinski definition) is 6. The maximum absolute atomic E-state index is 13.7. The largest absolute Gasteiger partial charge is 0.421 e. The third-order valence-electron chi connectivity index (χ3n) is 6.95. The Bertz CT molecular complexity index is 1100. The fourth-order valence-electron chi connectivity index (χ4n) is 5.26. The van der Waals surface area contributed by atoms with Gasteiger partial charge < -0.3 is 19.3 Å². The van der Waals surface area contributed by atoms with Crippen molar-refractivity contribution in [2.24, 2.45) is 0 Å². The van der Waals surface area contributed by atoms with E-state index in [2.05, 4.69) is 4.90 Å². The van der Waals surface area contributed by atoms with E-state index < -0.39 is 23.6 Å². The van der Waals surface area contributed by atoms with Gasteiger partial charge in [-0.25, -0.2) is 14.0 Å². The lowest BCUT2D eigenvalue weighted by molar-refractivity contribution is -0.192. The monoisotopic (exact) mass is 466 g/mol. The van der Waals surface area contributed by atoms with Gasteiger partial charge in [0.2, 0.25) is 0 Å². The Morgan fingerprint density at radius 1 is 0.971 bits per heavy atom. The zero-order valence-electron chi connectivity index (χ0n) is 18.9. The first-order valence-corrected chi connectivity index (χ1v) is 11.8. The van der Waals surface area contributed by atoms with Crippen LogP contribution in [0.5, 0.6) is 0 Å². The van der Waals surface area contributed by atoms with Crippen LogP contribution in [0.15, 0.2) is 48.5 Å². The summed E-state index contributed by atoms with van der Waals surface area (Å²) in [6, 6.07) is 14.5. The summed E-state index contributed by atoms with van der Waals surface area (Å²) in [4.78, 5) is 40.5. The quantitative estimate of drug-likeness (QED) is 0.498. The summed E-state index contributed by atoms with van der Waals surface area (Å²) in [7, 11) is 0. The molecule has 3 aliphatic rings. The van der Waals surface area contributed by atoms with E-state index in [-0.39, 0.29) is 12.2 Å². The van der Waals surface area contributed by atoms with Gasteiger partial charge in [0.25, 0.3) is 0 Å². The zero-order valence-corrected chi connectivity index (χ0v) is 18.9. The average molecular weight is 467 g/mol. The van der Waals surface area contributed by atoms with Gasteiger partial charge in [-0.1, -0.05) is 30.3 Å². The second kappa shape index (κ2) is 9.18. The van der Waals surface area contributed by atoms with Gasteiger partial charge >= 0.3 is 23.6 Å². The van der Waals surface area contributed by atoms with Crippen molar-refractivity contribution in [3.8, 4) is 0 Å². The molecule has 2 aromatic carbocycles. The van der Waals surface area contributed by atoms with Crippen LogP contribution < -0.4 is 4.90 Å². The third kappa shape index (κ3) is 4.30. The molecule has 1 spiro atoms. The lowest BCUT2D eigenvalue weighted by atomic mass is 9.90. The predicted molar refractivity (Wildman–Crippen MR) is 121 cm³/mol. The Balaban J connectivity index is 1.29. The van der Waals surface area contributed by atoms with Crippen LogP contribution >= 0.6 is 0 Å². The minimum atomic E-state index is -1.84. The molecule has 1 atom stereocenters. The van der Waals surface area contributed by atoms with Gasteiger partial charge in [0.05, 0.1) is 0 Å². The Kier molecular flexibility index (Phi) is 6.08. The fourth-order valence-corrected chi connectivity index (χ4v) is 5.26. The highest BCUT2D eigenvalue weighted by Gasteiger charge is 2.58. The molecular weight excluding hydrogens is 439 g/mol. The zero-order chi connectivity index (χ0) is 23.7. The van der Waals surface area contributed by atoms with Crippen molar-refractivity contribution >= 4 is 23.5 Å². The molecule has 8 heteroatoms. The van der Waals surface area contributed by atoms with Crippen LogP contribution in [0, 0.1) is 5.82 Å². The summed E-state index contributed by atoms with van der Waals surface area (Å²) in [5.41, 5.74) is 2.77. The molecule has 3 aliphatic heterocycles. The Labute approximate surface area is 197 Å². The van der Waals surface area contributed by atoms with Crippen molar-refractivity contribution in [2.45, 2.75) is 43.8 Å². The van der Waals surface area contributed by atoms with Crippen LogP contribution in [0.4, 0.5) is 10.1 Å². The summed E-state index contributed by atoms with van der Waals surface area (Å²) in [5.74, 6) is -4.51. The topological polar surface area (TPSA) is 76.2 Å². The van der Waals surface area contributed by atoms with E-state index in [0.29, 0.717) is 18.9 Å². The first-order chi connectivity index (χ1) is 16.4. The maximum atomic E-state index is 13.7. The van der Waals surface area contributed by atoms with E-state index in [1.807, 2.05) is 30.3 Å². The number of rotatable bonds is 5. The molecule has 2 aromatic rings. The van der Waals surface area contributed by atoms with Gasteiger partial charge in [-0.15, -0.1) is 0 Å². The van der Waals surface area contributed by atoms with Gasteiger partial charge in [0.1, 0.15) is 5.82 Å². The number of carbonyl (C=O) groups excluding carboxylic acids is 3. The maximum Gasteiger partial charge on any atom is 0.421 e. The van der Waals surface area contributed by atoms with E-state index >= 15 is 0 Å². The number of halogens is 1. The van der Waals surface area contributed by atoms with Gasteiger partial charge in [0.15, 0.2) is 0 Å². The molecule has 1 amide bonds. The number of esters is 2. The smallest absolute Gasteiger partial charge is 0.405 e. The standard InChI is InChI=1S/C26H27FN2O5/c27-21-9-3-7-19(16-21)20-8-4-13-28(17-20)15-11-18-6-1-2-10-22(18)29-14-5-12-26(25(29)32)33-23(30)24(31)34-26/h1-3,6-7,9-10,16,20H,4-5,8,11-15,17H2. The van der Waals surface area contributed by atoms with Crippen LogP contribution in [0.2, 0.25) is 0 Å². The van der Waals surface area contributed by atoms with Crippen LogP contribution in [0.25, 0.3) is 0 Å². The minimum Gasteiger partial charge on any atom is -0.405 e. The molecular formula is C26H27FN2O5. The van der Waals surface area contributed by atoms with Crippen LogP contribution in [-0.2, 0) is 30.3 Å². The van der Waals surface area contributed by atoms with Crippen molar-refractivity contribution in [1.29, 1.82) is 0 Å². The first-order valence-electron chi connectivity index (χ1n) is 11.8. The van der Waals surface area contributed by atoms with Crippen molar-refractivity contribution in [1.82, 2.24) is 4.90 Å². The van der Waals surface area contributed by atoms with Crippen LogP contribution in [0.3, 0.4) is 0 Å². The molecule has 0 aromatic heterocycles. The number of likely N-dealkylation sites (tertiary alicyclic amines) is 1. The Hall–Kier alpha value is -3.26. The average Bonchev–Trinajstić information content (AvgIpc) is 3.14. The molecule has 0 bridgehead atoms. The molecule has 3 heterocycles. The van der Waals surface area contributed by atoms with E-state index in [1.165, 1.54) is 6.07 Å². The Morgan fingerprint density at radius 2 is 1.76 bits per heavy atom. The summed E-state index contributed by atoms with van der Waals surface area (Å²) < 4.78 is 23.9. The summed E-state index contributed by atoms with van der Waals surface area (Å²) in [6.07, 6.45) is 3.52. The van der Waals surface area contributed by atoms with E-state index in [9.17, 15) is 18.8 Å². The number of carbonyl (C=O) groups is 3. The number of nitrogens with zero attached hydrogens (tertiary/aromatic N) is 2. The fraction of sp³-hybridized carbons (Fsp3) is 0.423. The molecule has 1 unspecified atom stereocenters. The number of anilines is 1. The first kappa shape index (κ1) is 22.5. The second-order valence-electron chi connectivity index (χ2n) is 9.17. The van der Waals surface area contributed by atoms with E-state index in [4.69, 9.17) is 9.47 Å². The third-order valence-corrected chi connectivity index (χ3v) is 6.95. The van der Waals surface area contributed by atoms with E-state index in [0.717, 1.165) is 55.7 Å². The van der Waals surface area contributed by atoms with Gasteiger partial charge in [-0.2, -0.15) is 0 Å². The molecule has 178 valence electrons. The SMILES string of the molecule is O=C1OC2(CCCN(c3ccccc3CCN3CCCC(c4cccc(F)c4)C3)C2=O)OC1=O. The van der Waals surface area contributed by atoms with Gasteiger partial charge in [0, 0.05) is 31.7 Å². The lowest BCUT2D eigenvalue weighted by Crippen LogP contribution is -2.55. The molecule has 0 saturated carbocycles. The molecule has 34 heavy (non-hydrogen) atoms. The number of ether oxygens (including phenoxy) is 2. The highest BCUT2D eigenvalue weighted by Crippen LogP contribution is 2.36. The molecule has 0 radical (unpaired) electrons. The van der Waals surface area contributed by atoms with Gasteiger partial charge in [-0.05, 0) is 67.5 Å². The summed E-state index contributed by atoms with van der Waals surface area (Å²) in [5, 5.41) is 0. The Morgan fingerprint density at radius 3 is 2.56 bits per heavy atom. The van der Waals surface area contributed by atoms with Crippen molar-refractivity contribution < 1.29 is 28.2 Å². The summed E-state index contributed by atoms with van der Waals surface area (Å²) in [6.45, 7) is 3.10. The number of piperidine rings is 2. The van der Waals surface area contributed by atoms with Gasteiger partial charge in [-0.3, -0.25) is 4.79 Å². The minimum absolute atomic E-state index is 0.164. The van der Waals surface area contributed by atoms with E-state index in [1.54, 1.807) is 17.0 Å². The highest BCUT2D eigenvalue weighted by molar-refractivity contribution is 6.32. The number of para-hydroxylation sites is 1. The van der Waals surface area contributed by atoms with Crippen LogP contribution in [0.1, 0.15) is 42.7 Å². The molecule has 0 N–H and O–H groups in total. The van der Waals surface area contributed by atoms with Crippen molar-refractivity contribution in [2.75, 3.05) is 31.1 Å². The number of hydrogen-bond donors (Lipinski definition) is 0. The van der Waals surface area contributed by atoms with Crippen molar-refractivity contribution in [3.05, 3.63) is 65.5 Å². The van der Waals surface area contributed by atoms with Crippen molar-refractivity contribution in [3.63, 3.8) is 0 Å².